The van der Waals surface area contributed by atoms with E-state index in [4.69, 9.17) is 9.15 Å². The van der Waals surface area contributed by atoms with Crippen LogP contribution in [0.4, 0.5) is 0 Å². The summed E-state index contributed by atoms with van der Waals surface area (Å²) < 4.78 is 12.0. The van der Waals surface area contributed by atoms with Gasteiger partial charge in [-0.05, 0) is 50.2 Å². The number of hydrogen-bond acceptors (Lipinski definition) is 3. The maximum Gasteiger partial charge on any atom is 0.287 e. The average Bonchev–Trinajstić information content (AvgIpc) is 2.86. The first-order valence-electron chi connectivity index (χ1n) is 6.32. The number of furan rings is 1. The van der Waals surface area contributed by atoms with Crippen molar-refractivity contribution in [2.45, 2.75) is 26.5 Å². The molecule has 106 valence electrons. The topological polar surface area (TPSA) is 51.5 Å². The number of halogens is 1. The van der Waals surface area contributed by atoms with Gasteiger partial charge >= 0.3 is 0 Å². The smallest absolute Gasteiger partial charge is 0.287 e. The zero-order valence-electron chi connectivity index (χ0n) is 11.4. The van der Waals surface area contributed by atoms with Crippen LogP contribution in [0.25, 0.3) is 0 Å². The Bertz CT molecular complexity index is 575. The molecule has 0 saturated heterocycles. The molecule has 0 aliphatic heterocycles. The van der Waals surface area contributed by atoms with Gasteiger partial charge in [-0.1, -0.05) is 15.9 Å². The van der Waals surface area contributed by atoms with Gasteiger partial charge in [0, 0.05) is 10.5 Å². The van der Waals surface area contributed by atoms with Crippen molar-refractivity contribution in [1.82, 2.24) is 5.32 Å². The molecule has 1 aromatic heterocycles. The molecule has 20 heavy (non-hydrogen) atoms. The monoisotopic (exact) mass is 337 g/mol. The van der Waals surface area contributed by atoms with Crippen molar-refractivity contribution in [1.29, 1.82) is 0 Å². The molecule has 2 rings (SSSR count). The van der Waals surface area contributed by atoms with Gasteiger partial charge in [0.1, 0.15) is 18.1 Å². The number of rotatable bonds is 5. The molecular weight excluding hydrogens is 322 g/mol. The third-order valence-electron chi connectivity index (χ3n) is 2.50. The first-order chi connectivity index (χ1) is 9.54. The van der Waals surface area contributed by atoms with E-state index in [9.17, 15) is 4.79 Å². The molecule has 0 bridgehead atoms. The van der Waals surface area contributed by atoms with Gasteiger partial charge in [0.15, 0.2) is 5.76 Å². The zero-order chi connectivity index (χ0) is 14.5. The molecule has 0 aliphatic carbocycles. The lowest BCUT2D eigenvalue weighted by Gasteiger charge is -2.06. The predicted molar refractivity (Wildman–Crippen MR) is 79.8 cm³/mol. The fraction of sp³-hybridized carbons (Fsp3) is 0.267. The van der Waals surface area contributed by atoms with Crippen LogP contribution in [0.3, 0.4) is 0 Å². The second kappa shape index (κ2) is 6.61. The van der Waals surface area contributed by atoms with Crippen molar-refractivity contribution >= 4 is 21.8 Å². The van der Waals surface area contributed by atoms with E-state index >= 15 is 0 Å². The predicted octanol–water partition coefficient (Wildman–Crippen LogP) is 3.76. The molecule has 1 heterocycles. The Morgan fingerprint density at radius 2 is 1.95 bits per heavy atom. The van der Waals surface area contributed by atoms with Crippen molar-refractivity contribution in [2.75, 3.05) is 0 Å². The first-order valence-corrected chi connectivity index (χ1v) is 7.12. The van der Waals surface area contributed by atoms with Gasteiger partial charge < -0.3 is 14.5 Å². The maximum atomic E-state index is 11.7. The van der Waals surface area contributed by atoms with E-state index in [1.54, 1.807) is 12.1 Å². The van der Waals surface area contributed by atoms with Crippen LogP contribution in [-0.2, 0) is 6.61 Å². The minimum atomic E-state index is -0.213. The molecule has 0 unspecified atom stereocenters. The summed E-state index contributed by atoms with van der Waals surface area (Å²) in [5, 5.41) is 2.77. The van der Waals surface area contributed by atoms with Crippen LogP contribution >= 0.6 is 15.9 Å². The van der Waals surface area contributed by atoms with E-state index in [0.29, 0.717) is 11.5 Å². The van der Waals surface area contributed by atoms with Crippen molar-refractivity contribution in [3.8, 4) is 5.75 Å². The van der Waals surface area contributed by atoms with Gasteiger partial charge in [-0.15, -0.1) is 0 Å². The Labute approximate surface area is 126 Å². The van der Waals surface area contributed by atoms with Gasteiger partial charge in [0.2, 0.25) is 0 Å². The van der Waals surface area contributed by atoms with Crippen molar-refractivity contribution in [3.05, 3.63) is 52.4 Å². The number of ether oxygens (including phenoxy) is 1. The summed E-state index contributed by atoms with van der Waals surface area (Å²) in [4.78, 5) is 11.7. The van der Waals surface area contributed by atoms with Gasteiger partial charge in [-0.2, -0.15) is 0 Å². The lowest BCUT2D eigenvalue weighted by molar-refractivity contribution is 0.0911. The van der Waals surface area contributed by atoms with Gasteiger partial charge in [-0.25, -0.2) is 0 Å². The quantitative estimate of drug-likeness (QED) is 0.903. The Morgan fingerprint density at radius 3 is 2.60 bits per heavy atom. The highest BCUT2D eigenvalue weighted by Crippen LogP contribution is 2.18. The number of nitrogens with one attached hydrogen (secondary N) is 1. The SMILES string of the molecule is CC(C)NC(=O)c1ccc(COc2ccc(Br)cc2)o1. The highest BCUT2D eigenvalue weighted by Gasteiger charge is 2.12. The highest BCUT2D eigenvalue weighted by molar-refractivity contribution is 9.10. The summed E-state index contributed by atoms with van der Waals surface area (Å²) >= 11 is 3.36. The lowest BCUT2D eigenvalue weighted by Crippen LogP contribution is -2.29. The van der Waals surface area contributed by atoms with E-state index in [-0.39, 0.29) is 18.6 Å². The molecule has 4 nitrogen and oxygen atoms in total. The van der Waals surface area contributed by atoms with Gasteiger partial charge in [0.05, 0.1) is 0 Å². The fourth-order valence-electron chi connectivity index (χ4n) is 1.60. The number of carbonyl (C=O) groups excluding carboxylic acids is 1. The summed E-state index contributed by atoms with van der Waals surface area (Å²) in [6.45, 7) is 4.09. The lowest BCUT2D eigenvalue weighted by atomic mass is 10.3. The molecule has 2 aromatic rings. The normalized spacial score (nSPS) is 10.6. The van der Waals surface area contributed by atoms with Gasteiger partial charge in [-0.3, -0.25) is 4.79 Å². The molecule has 0 aliphatic rings. The third kappa shape index (κ3) is 4.13. The molecule has 0 atom stereocenters. The highest BCUT2D eigenvalue weighted by atomic mass is 79.9. The fourth-order valence-corrected chi connectivity index (χ4v) is 1.86. The van der Waals surface area contributed by atoms with Crippen LogP contribution < -0.4 is 10.1 Å². The number of benzene rings is 1. The molecule has 0 saturated carbocycles. The number of amides is 1. The molecule has 5 heteroatoms. The Balaban J connectivity index is 1.92. The van der Waals surface area contributed by atoms with Crippen LogP contribution in [0.5, 0.6) is 5.75 Å². The summed E-state index contributed by atoms with van der Waals surface area (Å²) in [6, 6.07) is 11.0. The van der Waals surface area contributed by atoms with Crippen molar-refractivity contribution in [2.24, 2.45) is 0 Å². The third-order valence-corrected chi connectivity index (χ3v) is 3.03. The van der Waals surface area contributed by atoms with E-state index in [2.05, 4.69) is 21.2 Å². The van der Waals surface area contributed by atoms with Crippen LogP contribution in [-0.4, -0.2) is 11.9 Å². The van der Waals surface area contributed by atoms with Gasteiger partial charge in [0.25, 0.3) is 5.91 Å². The maximum absolute atomic E-state index is 11.7. The van der Waals surface area contributed by atoms with Crippen LogP contribution in [0.1, 0.15) is 30.2 Å². The molecule has 0 fully saturated rings. The minimum absolute atomic E-state index is 0.0788. The Kier molecular flexibility index (Phi) is 4.84. The van der Waals surface area contributed by atoms with E-state index in [0.717, 1.165) is 10.2 Å². The largest absolute Gasteiger partial charge is 0.486 e. The summed E-state index contributed by atoms with van der Waals surface area (Å²) in [7, 11) is 0. The number of carbonyl (C=O) groups is 1. The summed E-state index contributed by atoms with van der Waals surface area (Å²) in [5.41, 5.74) is 0. The van der Waals surface area contributed by atoms with E-state index in [1.807, 2.05) is 38.1 Å². The first kappa shape index (κ1) is 14.7. The zero-order valence-corrected chi connectivity index (χ0v) is 12.9. The molecule has 1 aromatic carbocycles. The van der Waals surface area contributed by atoms with Crippen molar-refractivity contribution < 1.29 is 13.9 Å². The second-order valence-electron chi connectivity index (χ2n) is 4.64. The Morgan fingerprint density at radius 1 is 1.25 bits per heavy atom. The van der Waals surface area contributed by atoms with E-state index in [1.165, 1.54) is 0 Å². The second-order valence-corrected chi connectivity index (χ2v) is 5.55. The van der Waals surface area contributed by atoms with Crippen molar-refractivity contribution in [3.63, 3.8) is 0 Å². The molecule has 0 spiro atoms. The van der Waals surface area contributed by atoms with E-state index < -0.39 is 0 Å². The van der Waals surface area contributed by atoms with Crippen LogP contribution in [0, 0.1) is 0 Å². The molecular formula is C15H16BrNO3. The Hall–Kier alpha value is -1.75. The summed E-state index contributed by atoms with van der Waals surface area (Å²) in [5.74, 6) is 1.45. The van der Waals surface area contributed by atoms with Crippen LogP contribution in [0.15, 0.2) is 45.3 Å². The summed E-state index contributed by atoms with van der Waals surface area (Å²) in [6.07, 6.45) is 0. The van der Waals surface area contributed by atoms with Crippen LogP contribution in [0.2, 0.25) is 0 Å². The molecule has 1 amide bonds. The molecule has 1 N–H and O–H groups in total. The average molecular weight is 338 g/mol. The number of hydrogen-bond donors (Lipinski definition) is 1. The molecule has 0 radical (unpaired) electrons. The minimum Gasteiger partial charge on any atom is -0.486 e. The standard InChI is InChI=1S/C15H16BrNO3/c1-10(2)17-15(18)14-8-7-13(20-14)9-19-12-5-3-11(16)4-6-12/h3-8,10H,9H2,1-2H3,(H,17,18).